The van der Waals surface area contributed by atoms with E-state index in [-0.39, 0.29) is 0 Å². The van der Waals surface area contributed by atoms with Crippen molar-refractivity contribution in [3.8, 4) is 0 Å². The highest BCUT2D eigenvalue weighted by atomic mass is 32.2. The Morgan fingerprint density at radius 3 is 3.00 bits per heavy atom. The van der Waals surface area contributed by atoms with Gasteiger partial charge in [0.05, 0.1) is 0 Å². The van der Waals surface area contributed by atoms with Crippen LogP contribution in [-0.2, 0) is 0 Å². The molecule has 72 valence electrons. The van der Waals surface area contributed by atoms with E-state index < -0.39 is 0 Å². The van der Waals surface area contributed by atoms with Crippen LogP contribution in [0.5, 0.6) is 0 Å². The first kappa shape index (κ1) is 9.55. The maximum absolute atomic E-state index is 5.86. The van der Waals surface area contributed by atoms with Crippen LogP contribution in [0.4, 0.5) is 5.69 Å². The number of aromatic nitrogens is 1. The minimum Gasteiger partial charge on any atom is -0.398 e. The Labute approximate surface area is 91.2 Å². The summed E-state index contributed by atoms with van der Waals surface area (Å²) in [5.41, 5.74) is 7.90. The van der Waals surface area contributed by atoms with Crippen LogP contribution < -0.4 is 5.73 Å². The van der Waals surface area contributed by atoms with Gasteiger partial charge >= 0.3 is 0 Å². The van der Waals surface area contributed by atoms with Crippen LogP contribution in [0.15, 0.2) is 39.0 Å². The molecule has 14 heavy (non-hydrogen) atoms. The minimum atomic E-state index is 0.816. The fourth-order valence-electron chi connectivity index (χ4n) is 1.08. The molecule has 1 heterocycles. The zero-order chi connectivity index (χ0) is 9.97. The van der Waals surface area contributed by atoms with Gasteiger partial charge in [0.15, 0.2) is 4.34 Å². The van der Waals surface area contributed by atoms with Crippen molar-refractivity contribution in [3.05, 3.63) is 35.3 Å². The molecular formula is C10H10N2S2. The second kappa shape index (κ2) is 4.02. The van der Waals surface area contributed by atoms with Crippen LogP contribution in [0.2, 0.25) is 0 Å². The molecule has 0 amide bonds. The Bertz CT molecular complexity index is 424. The molecule has 0 spiro atoms. The Morgan fingerprint density at radius 2 is 2.29 bits per heavy atom. The first-order valence-electron chi connectivity index (χ1n) is 4.19. The van der Waals surface area contributed by atoms with Crippen LogP contribution in [0.25, 0.3) is 0 Å². The van der Waals surface area contributed by atoms with Crippen molar-refractivity contribution in [2.45, 2.75) is 16.2 Å². The summed E-state index contributed by atoms with van der Waals surface area (Å²) in [5.74, 6) is 0. The van der Waals surface area contributed by atoms with Gasteiger partial charge in [0.2, 0.25) is 0 Å². The number of nitrogens with two attached hydrogens (primary N) is 1. The number of hydrogen-bond donors (Lipinski definition) is 1. The van der Waals surface area contributed by atoms with Gasteiger partial charge in [-0.1, -0.05) is 17.8 Å². The molecule has 0 aliphatic heterocycles. The van der Waals surface area contributed by atoms with Crippen LogP contribution in [0, 0.1) is 6.92 Å². The predicted molar refractivity (Wildman–Crippen MR) is 61.8 cm³/mol. The van der Waals surface area contributed by atoms with E-state index in [1.807, 2.05) is 17.5 Å². The Kier molecular flexibility index (Phi) is 2.74. The van der Waals surface area contributed by atoms with E-state index in [0.29, 0.717) is 0 Å². The highest BCUT2D eigenvalue weighted by Gasteiger charge is 2.03. The Balaban J connectivity index is 2.28. The molecule has 0 atom stereocenters. The van der Waals surface area contributed by atoms with Crippen molar-refractivity contribution in [1.82, 2.24) is 4.98 Å². The van der Waals surface area contributed by atoms with Gasteiger partial charge in [-0.05, 0) is 24.6 Å². The summed E-state index contributed by atoms with van der Waals surface area (Å²) >= 11 is 3.25. The summed E-state index contributed by atoms with van der Waals surface area (Å²) in [6.45, 7) is 2.06. The van der Waals surface area contributed by atoms with Crippen molar-refractivity contribution in [3.63, 3.8) is 0 Å². The van der Waals surface area contributed by atoms with Gasteiger partial charge in [0.25, 0.3) is 0 Å². The van der Waals surface area contributed by atoms with Gasteiger partial charge < -0.3 is 5.73 Å². The summed E-state index contributed by atoms with van der Waals surface area (Å²) in [7, 11) is 0. The number of thiazole rings is 1. The third-order valence-corrected chi connectivity index (χ3v) is 3.73. The third-order valence-electron chi connectivity index (χ3n) is 1.78. The SMILES string of the molecule is Cc1ccc(N)c(Sc2nccs2)c1. The fourth-order valence-corrected chi connectivity index (χ4v) is 2.81. The zero-order valence-corrected chi connectivity index (χ0v) is 9.36. The van der Waals surface area contributed by atoms with E-state index in [2.05, 4.69) is 18.0 Å². The molecule has 0 saturated carbocycles. The van der Waals surface area contributed by atoms with E-state index in [1.54, 1.807) is 29.3 Å². The number of benzene rings is 1. The molecule has 2 nitrogen and oxygen atoms in total. The van der Waals surface area contributed by atoms with Crippen molar-refractivity contribution in [2.75, 3.05) is 5.73 Å². The summed E-state index contributed by atoms with van der Waals surface area (Å²) in [6, 6.07) is 6.04. The van der Waals surface area contributed by atoms with Gasteiger partial charge in [0, 0.05) is 22.2 Å². The van der Waals surface area contributed by atoms with Gasteiger partial charge in [0.1, 0.15) is 0 Å². The lowest BCUT2D eigenvalue weighted by molar-refractivity contribution is 1.24. The van der Waals surface area contributed by atoms with E-state index in [0.717, 1.165) is 14.9 Å². The molecule has 1 aromatic heterocycles. The van der Waals surface area contributed by atoms with Gasteiger partial charge in [-0.25, -0.2) is 4.98 Å². The average molecular weight is 222 g/mol. The molecule has 2 rings (SSSR count). The van der Waals surface area contributed by atoms with E-state index in [9.17, 15) is 0 Å². The standard InChI is InChI=1S/C10H10N2S2/c1-7-2-3-8(11)9(6-7)14-10-12-4-5-13-10/h2-6H,11H2,1H3. The zero-order valence-electron chi connectivity index (χ0n) is 7.73. The van der Waals surface area contributed by atoms with E-state index in [4.69, 9.17) is 5.73 Å². The second-order valence-corrected chi connectivity index (χ2v) is 5.12. The monoisotopic (exact) mass is 222 g/mol. The van der Waals surface area contributed by atoms with Crippen LogP contribution in [0.1, 0.15) is 5.56 Å². The number of hydrogen-bond acceptors (Lipinski definition) is 4. The molecular weight excluding hydrogens is 212 g/mol. The molecule has 0 unspecified atom stereocenters. The van der Waals surface area contributed by atoms with Crippen molar-refractivity contribution in [1.29, 1.82) is 0 Å². The maximum atomic E-state index is 5.86. The Hall–Kier alpha value is -1.00. The molecule has 1 aromatic carbocycles. The highest BCUT2D eigenvalue weighted by molar-refractivity contribution is 8.01. The van der Waals surface area contributed by atoms with Crippen molar-refractivity contribution < 1.29 is 0 Å². The smallest absolute Gasteiger partial charge is 0.154 e. The number of aryl methyl sites for hydroxylation is 1. The van der Waals surface area contributed by atoms with Gasteiger partial charge in [-0.15, -0.1) is 11.3 Å². The molecule has 0 radical (unpaired) electrons. The average Bonchev–Trinajstić information content (AvgIpc) is 2.64. The van der Waals surface area contributed by atoms with Crippen LogP contribution in [-0.4, -0.2) is 4.98 Å². The number of anilines is 1. The number of rotatable bonds is 2. The first-order valence-corrected chi connectivity index (χ1v) is 5.89. The molecule has 0 aliphatic carbocycles. The van der Waals surface area contributed by atoms with E-state index in [1.165, 1.54) is 5.56 Å². The van der Waals surface area contributed by atoms with Crippen molar-refractivity contribution in [2.24, 2.45) is 0 Å². The minimum absolute atomic E-state index is 0.816. The third kappa shape index (κ3) is 2.08. The molecule has 2 N–H and O–H groups in total. The van der Waals surface area contributed by atoms with E-state index >= 15 is 0 Å². The summed E-state index contributed by atoms with van der Waals surface area (Å²) in [4.78, 5) is 5.29. The summed E-state index contributed by atoms with van der Waals surface area (Å²) in [5, 5.41) is 1.97. The lowest BCUT2D eigenvalue weighted by Crippen LogP contribution is -1.88. The molecule has 0 saturated heterocycles. The van der Waals surface area contributed by atoms with Crippen LogP contribution >= 0.6 is 23.1 Å². The van der Waals surface area contributed by atoms with Gasteiger partial charge in [-0.3, -0.25) is 0 Å². The second-order valence-electron chi connectivity index (χ2n) is 2.94. The van der Waals surface area contributed by atoms with Gasteiger partial charge in [-0.2, -0.15) is 0 Å². The molecule has 0 fully saturated rings. The first-order chi connectivity index (χ1) is 6.75. The molecule has 0 bridgehead atoms. The number of nitrogens with zero attached hydrogens (tertiary/aromatic N) is 1. The molecule has 4 heteroatoms. The largest absolute Gasteiger partial charge is 0.398 e. The summed E-state index contributed by atoms with van der Waals surface area (Å²) < 4.78 is 1.03. The lowest BCUT2D eigenvalue weighted by Gasteiger charge is -2.03. The molecule has 2 aromatic rings. The number of nitrogen functional groups attached to an aromatic ring is 1. The normalized spacial score (nSPS) is 10.4. The molecule has 0 aliphatic rings. The maximum Gasteiger partial charge on any atom is 0.154 e. The summed E-state index contributed by atoms with van der Waals surface area (Å²) in [6.07, 6.45) is 1.80. The predicted octanol–water partition coefficient (Wildman–Crippen LogP) is 3.18. The topological polar surface area (TPSA) is 38.9 Å². The van der Waals surface area contributed by atoms with Crippen molar-refractivity contribution >= 4 is 28.8 Å². The lowest BCUT2D eigenvalue weighted by atomic mass is 10.2. The highest BCUT2D eigenvalue weighted by Crippen LogP contribution is 2.33. The van der Waals surface area contributed by atoms with Crippen LogP contribution in [0.3, 0.4) is 0 Å². The quantitative estimate of drug-likeness (QED) is 0.793. The fraction of sp³-hybridized carbons (Fsp3) is 0.100. The Morgan fingerprint density at radius 1 is 1.43 bits per heavy atom.